The van der Waals surface area contributed by atoms with E-state index in [1.165, 1.54) is 6.42 Å². The van der Waals surface area contributed by atoms with Crippen LogP contribution in [0, 0.1) is 5.92 Å². The molecule has 4 rings (SSSR count). The molecule has 6 nitrogen and oxygen atoms in total. The first-order valence-electron chi connectivity index (χ1n) is 8.78. The van der Waals surface area contributed by atoms with Crippen LogP contribution in [0.15, 0.2) is 36.5 Å². The number of fused-ring (bicyclic) bond motifs is 1. The van der Waals surface area contributed by atoms with Gasteiger partial charge < -0.3 is 15.4 Å². The molecule has 1 aromatic heterocycles. The molecule has 1 aromatic carbocycles. The fourth-order valence-electron chi connectivity index (χ4n) is 3.64. The predicted molar refractivity (Wildman–Crippen MR) is 95.4 cm³/mol. The molecule has 2 atom stereocenters. The molecule has 2 aromatic rings. The molecule has 2 aliphatic rings. The summed E-state index contributed by atoms with van der Waals surface area (Å²) in [4.78, 5) is 20.8. The molecule has 1 aliphatic carbocycles. The second kappa shape index (κ2) is 6.44. The Hall–Kier alpha value is -2.47. The second-order valence-corrected chi connectivity index (χ2v) is 6.71. The molecule has 2 fully saturated rings. The lowest BCUT2D eigenvalue weighted by Crippen LogP contribution is -2.28. The van der Waals surface area contributed by atoms with Gasteiger partial charge in [-0.05, 0) is 56.0 Å². The minimum Gasteiger partial charge on any atom is -0.381 e. The molecule has 2 N–H and O–H groups in total. The molecule has 1 aliphatic heterocycles. The first-order chi connectivity index (χ1) is 12.2. The summed E-state index contributed by atoms with van der Waals surface area (Å²) in [5.41, 5.74) is 3.03. The van der Waals surface area contributed by atoms with E-state index in [2.05, 4.69) is 15.6 Å². The maximum absolute atomic E-state index is 11.6. The molecule has 2 amide bonds. The molecule has 0 bridgehead atoms. The van der Waals surface area contributed by atoms with Crippen molar-refractivity contribution < 1.29 is 9.53 Å². The molecule has 130 valence electrons. The van der Waals surface area contributed by atoms with Crippen LogP contribution in [0.4, 0.5) is 10.5 Å². The number of hydrogen-bond acceptors (Lipinski definition) is 4. The average Bonchev–Trinajstić information content (AvgIpc) is 3.39. The number of nitrogens with one attached hydrogen (secondary N) is 2. The minimum atomic E-state index is -0.202. The monoisotopic (exact) mass is 338 g/mol. The molecule has 0 spiro atoms. The Labute approximate surface area is 147 Å². The van der Waals surface area contributed by atoms with Gasteiger partial charge in [-0.3, -0.25) is 0 Å². The van der Waals surface area contributed by atoms with Gasteiger partial charge in [0.25, 0.3) is 0 Å². The van der Waals surface area contributed by atoms with Crippen molar-refractivity contribution >= 4 is 11.7 Å². The van der Waals surface area contributed by atoms with E-state index < -0.39 is 0 Å². The van der Waals surface area contributed by atoms with E-state index in [4.69, 9.17) is 9.72 Å². The third-order valence-electron chi connectivity index (χ3n) is 5.15. The number of amides is 2. The van der Waals surface area contributed by atoms with Gasteiger partial charge in [0, 0.05) is 36.0 Å². The van der Waals surface area contributed by atoms with Gasteiger partial charge in [-0.1, -0.05) is 0 Å². The highest BCUT2D eigenvalue weighted by Crippen LogP contribution is 2.58. The zero-order chi connectivity index (χ0) is 17.3. The van der Waals surface area contributed by atoms with Gasteiger partial charge in [-0.25, -0.2) is 14.8 Å². The smallest absolute Gasteiger partial charge is 0.319 e. The standard InChI is InChI=1S/C19H22N4O2/c1-2-20-18(24)22-15-5-3-13(4-6-15)17-21-9-7-16(23-17)19-8-10-25-12-14(19)11-19/h3-7,9,14H,2,8,10-12H2,1H3,(H2,20,22,24)/t14-,19+/m0/s1. The summed E-state index contributed by atoms with van der Waals surface area (Å²) >= 11 is 0. The summed E-state index contributed by atoms with van der Waals surface area (Å²) in [6.45, 7) is 4.14. The number of aromatic nitrogens is 2. The summed E-state index contributed by atoms with van der Waals surface area (Å²) in [5.74, 6) is 1.33. The van der Waals surface area contributed by atoms with E-state index in [1.54, 1.807) is 0 Å². The van der Waals surface area contributed by atoms with E-state index in [1.807, 2.05) is 43.5 Å². The SMILES string of the molecule is CCNC(=O)Nc1ccc(-c2nccc([C@@]34CCOC[C@@H]3C4)n2)cc1. The lowest BCUT2D eigenvalue weighted by molar-refractivity contribution is 0.0794. The van der Waals surface area contributed by atoms with Crippen LogP contribution in [0.2, 0.25) is 0 Å². The Balaban J connectivity index is 1.52. The summed E-state index contributed by atoms with van der Waals surface area (Å²) in [7, 11) is 0. The van der Waals surface area contributed by atoms with Crippen molar-refractivity contribution in [2.24, 2.45) is 5.92 Å². The summed E-state index contributed by atoms with van der Waals surface area (Å²) in [5, 5.41) is 5.50. The van der Waals surface area contributed by atoms with Crippen LogP contribution in [0.25, 0.3) is 11.4 Å². The minimum absolute atomic E-state index is 0.202. The highest BCUT2D eigenvalue weighted by molar-refractivity contribution is 5.89. The Morgan fingerprint density at radius 2 is 2.16 bits per heavy atom. The van der Waals surface area contributed by atoms with E-state index >= 15 is 0 Å². The molecule has 25 heavy (non-hydrogen) atoms. The van der Waals surface area contributed by atoms with Gasteiger partial charge in [-0.2, -0.15) is 0 Å². The number of carbonyl (C=O) groups is 1. The molecule has 2 heterocycles. The molecule has 1 saturated carbocycles. The van der Waals surface area contributed by atoms with E-state index in [0.29, 0.717) is 12.5 Å². The van der Waals surface area contributed by atoms with Crippen molar-refractivity contribution in [2.45, 2.75) is 25.2 Å². The zero-order valence-electron chi connectivity index (χ0n) is 14.3. The largest absolute Gasteiger partial charge is 0.381 e. The number of hydrogen-bond donors (Lipinski definition) is 2. The quantitative estimate of drug-likeness (QED) is 0.899. The van der Waals surface area contributed by atoms with Gasteiger partial charge >= 0.3 is 6.03 Å². The fourth-order valence-corrected chi connectivity index (χ4v) is 3.64. The van der Waals surface area contributed by atoms with Crippen molar-refractivity contribution in [3.05, 3.63) is 42.2 Å². The Kier molecular flexibility index (Phi) is 4.13. The molecule has 0 unspecified atom stereocenters. The summed E-state index contributed by atoms with van der Waals surface area (Å²) < 4.78 is 5.56. The number of carbonyl (C=O) groups excluding carboxylic acids is 1. The average molecular weight is 338 g/mol. The van der Waals surface area contributed by atoms with Gasteiger partial charge in [0.05, 0.1) is 12.3 Å². The van der Waals surface area contributed by atoms with Crippen LogP contribution in [0.5, 0.6) is 0 Å². The summed E-state index contributed by atoms with van der Waals surface area (Å²) in [6, 6.07) is 9.45. The van der Waals surface area contributed by atoms with Crippen LogP contribution in [0.1, 0.15) is 25.5 Å². The highest BCUT2D eigenvalue weighted by Gasteiger charge is 2.57. The van der Waals surface area contributed by atoms with Crippen molar-refractivity contribution in [3.8, 4) is 11.4 Å². The third kappa shape index (κ3) is 3.09. The van der Waals surface area contributed by atoms with Crippen LogP contribution in [-0.2, 0) is 10.2 Å². The molecule has 0 radical (unpaired) electrons. The molecular formula is C19H22N4O2. The lowest BCUT2D eigenvalue weighted by Gasteiger charge is -2.22. The van der Waals surface area contributed by atoms with Gasteiger partial charge in [-0.15, -0.1) is 0 Å². The van der Waals surface area contributed by atoms with E-state index in [0.717, 1.165) is 42.4 Å². The normalized spacial score (nSPS) is 24.3. The third-order valence-corrected chi connectivity index (χ3v) is 5.15. The van der Waals surface area contributed by atoms with Crippen molar-refractivity contribution in [3.63, 3.8) is 0 Å². The fraction of sp³-hybridized carbons (Fsp3) is 0.421. The Morgan fingerprint density at radius 3 is 2.92 bits per heavy atom. The van der Waals surface area contributed by atoms with Crippen molar-refractivity contribution in [1.29, 1.82) is 0 Å². The molecular weight excluding hydrogens is 316 g/mol. The van der Waals surface area contributed by atoms with Crippen LogP contribution in [0.3, 0.4) is 0 Å². The topological polar surface area (TPSA) is 76.1 Å². The maximum Gasteiger partial charge on any atom is 0.319 e. The number of ether oxygens (including phenoxy) is 1. The summed E-state index contributed by atoms with van der Waals surface area (Å²) in [6.07, 6.45) is 4.06. The second-order valence-electron chi connectivity index (χ2n) is 6.71. The number of nitrogens with zero attached hydrogens (tertiary/aromatic N) is 2. The predicted octanol–water partition coefficient (Wildman–Crippen LogP) is 2.96. The van der Waals surface area contributed by atoms with Crippen LogP contribution >= 0.6 is 0 Å². The van der Waals surface area contributed by atoms with Crippen LogP contribution in [-0.4, -0.2) is 35.8 Å². The first kappa shape index (κ1) is 16.0. The molecule has 1 saturated heterocycles. The number of anilines is 1. The van der Waals surface area contributed by atoms with Gasteiger partial charge in [0.15, 0.2) is 5.82 Å². The number of rotatable bonds is 4. The van der Waals surface area contributed by atoms with E-state index in [9.17, 15) is 4.79 Å². The maximum atomic E-state index is 11.6. The molecule has 6 heteroatoms. The van der Waals surface area contributed by atoms with Gasteiger partial charge in [0.1, 0.15) is 0 Å². The first-order valence-corrected chi connectivity index (χ1v) is 8.78. The van der Waals surface area contributed by atoms with Crippen molar-refractivity contribution in [2.75, 3.05) is 25.1 Å². The van der Waals surface area contributed by atoms with Crippen LogP contribution < -0.4 is 10.6 Å². The number of urea groups is 1. The lowest BCUT2D eigenvalue weighted by atomic mass is 9.93. The Bertz CT molecular complexity index is 777. The Morgan fingerprint density at radius 1 is 1.32 bits per heavy atom. The van der Waals surface area contributed by atoms with Crippen molar-refractivity contribution in [1.82, 2.24) is 15.3 Å². The van der Waals surface area contributed by atoms with E-state index in [-0.39, 0.29) is 11.4 Å². The van der Waals surface area contributed by atoms with Gasteiger partial charge in [0.2, 0.25) is 0 Å². The number of benzene rings is 1. The highest BCUT2D eigenvalue weighted by atomic mass is 16.5. The zero-order valence-corrected chi connectivity index (χ0v) is 14.3.